The zero-order valence-electron chi connectivity index (χ0n) is 18.8. The quantitative estimate of drug-likeness (QED) is 0.623. The Balaban J connectivity index is 1.22. The molecule has 1 atom stereocenters. The summed E-state index contributed by atoms with van der Waals surface area (Å²) in [5.74, 6) is 1.76. The van der Waals surface area contributed by atoms with Crippen LogP contribution in [0.3, 0.4) is 0 Å². The molecule has 3 aromatic heterocycles. The SMILES string of the molecule is O=C1CNc2nc(-c3ccc(-c4ncn(C5CCCCO5)n4)nc3)cnc2N1C1CCOCC1. The van der Waals surface area contributed by atoms with Crippen molar-refractivity contribution in [2.24, 2.45) is 0 Å². The van der Waals surface area contributed by atoms with Gasteiger partial charge in [-0.2, -0.15) is 0 Å². The van der Waals surface area contributed by atoms with Crippen LogP contribution in [0.4, 0.5) is 11.6 Å². The van der Waals surface area contributed by atoms with Crippen molar-refractivity contribution in [2.75, 3.05) is 36.6 Å². The van der Waals surface area contributed by atoms with E-state index in [2.05, 4.69) is 25.4 Å². The summed E-state index contributed by atoms with van der Waals surface area (Å²) in [7, 11) is 0. The van der Waals surface area contributed by atoms with E-state index in [4.69, 9.17) is 14.5 Å². The number of ether oxygens (including phenoxy) is 2. The van der Waals surface area contributed by atoms with Crippen LogP contribution in [0.2, 0.25) is 0 Å². The number of amides is 1. The number of carbonyl (C=O) groups excluding carboxylic acids is 1. The first-order valence-electron chi connectivity index (χ1n) is 11.8. The van der Waals surface area contributed by atoms with Gasteiger partial charge in [-0.1, -0.05) is 0 Å². The molecule has 0 aliphatic carbocycles. The molecule has 0 bridgehead atoms. The van der Waals surface area contributed by atoms with Crippen LogP contribution in [0, 0.1) is 0 Å². The Kier molecular flexibility index (Phi) is 5.63. The molecule has 6 rings (SSSR count). The van der Waals surface area contributed by atoms with Crippen molar-refractivity contribution in [2.45, 2.75) is 44.4 Å². The summed E-state index contributed by atoms with van der Waals surface area (Å²) in [4.78, 5) is 32.7. The van der Waals surface area contributed by atoms with Crippen LogP contribution in [0.5, 0.6) is 0 Å². The van der Waals surface area contributed by atoms with Gasteiger partial charge in [-0.15, -0.1) is 5.10 Å². The largest absolute Gasteiger partial charge is 0.381 e. The first-order chi connectivity index (χ1) is 16.8. The van der Waals surface area contributed by atoms with E-state index in [0.29, 0.717) is 42.1 Å². The summed E-state index contributed by atoms with van der Waals surface area (Å²) in [6.07, 6.45) is 9.85. The number of anilines is 2. The summed E-state index contributed by atoms with van der Waals surface area (Å²) in [6.45, 7) is 2.27. The fraction of sp³-hybridized carbons (Fsp3) is 0.478. The summed E-state index contributed by atoms with van der Waals surface area (Å²) in [5, 5.41) is 7.67. The maximum atomic E-state index is 12.6. The van der Waals surface area contributed by atoms with Gasteiger partial charge in [0, 0.05) is 37.6 Å². The number of fused-ring (bicyclic) bond motifs is 1. The molecule has 1 amide bonds. The first-order valence-corrected chi connectivity index (χ1v) is 11.8. The topological polar surface area (TPSA) is 120 Å². The number of hydrogen-bond acceptors (Lipinski definition) is 9. The van der Waals surface area contributed by atoms with Gasteiger partial charge in [0.25, 0.3) is 0 Å². The Morgan fingerprint density at radius 3 is 2.68 bits per heavy atom. The summed E-state index contributed by atoms with van der Waals surface area (Å²) in [6, 6.07) is 3.90. The predicted molar refractivity (Wildman–Crippen MR) is 123 cm³/mol. The normalized spacial score (nSPS) is 21.2. The second-order valence-electron chi connectivity index (χ2n) is 8.69. The fourth-order valence-electron chi connectivity index (χ4n) is 4.64. The molecule has 3 aliphatic rings. The van der Waals surface area contributed by atoms with Crippen LogP contribution in [-0.2, 0) is 14.3 Å². The van der Waals surface area contributed by atoms with E-state index in [1.54, 1.807) is 28.3 Å². The van der Waals surface area contributed by atoms with Gasteiger partial charge in [-0.3, -0.25) is 14.7 Å². The summed E-state index contributed by atoms with van der Waals surface area (Å²) < 4.78 is 13.0. The molecule has 2 fully saturated rings. The summed E-state index contributed by atoms with van der Waals surface area (Å²) >= 11 is 0. The van der Waals surface area contributed by atoms with Crippen LogP contribution in [0.25, 0.3) is 22.8 Å². The highest BCUT2D eigenvalue weighted by atomic mass is 16.5. The number of rotatable bonds is 4. The standard InChI is InChI=1S/C23H26N8O3/c32-19-13-25-22-23(31(19)16-6-9-33-10-7-16)26-12-18(28-22)15-4-5-17(24-11-15)21-27-14-30(29-21)20-3-1-2-8-34-20/h4-5,11-12,14,16,20H,1-3,6-10,13H2,(H,25,28). The van der Waals surface area contributed by atoms with Crippen LogP contribution < -0.4 is 10.2 Å². The Labute approximate surface area is 196 Å². The molecule has 176 valence electrons. The molecule has 1 unspecified atom stereocenters. The van der Waals surface area contributed by atoms with Crippen LogP contribution in [0.1, 0.15) is 38.3 Å². The molecule has 34 heavy (non-hydrogen) atoms. The first kappa shape index (κ1) is 21.1. The highest BCUT2D eigenvalue weighted by Gasteiger charge is 2.33. The Morgan fingerprint density at radius 1 is 0.971 bits per heavy atom. The number of nitrogens with zero attached hydrogens (tertiary/aromatic N) is 7. The molecular formula is C23H26N8O3. The van der Waals surface area contributed by atoms with E-state index in [1.165, 1.54) is 0 Å². The van der Waals surface area contributed by atoms with Crippen molar-refractivity contribution < 1.29 is 14.3 Å². The lowest BCUT2D eigenvalue weighted by Crippen LogP contribution is -2.49. The third-order valence-electron chi connectivity index (χ3n) is 6.46. The average molecular weight is 463 g/mol. The average Bonchev–Trinajstić information content (AvgIpc) is 3.40. The van der Waals surface area contributed by atoms with Gasteiger partial charge in [0.15, 0.2) is 23.7 Å². The fourth-order valence-corrected chi connectivity index (χ4v) is 4.64. The lowest BCUT2D eigenvalue weighted by atomic mass is 10.1. The highest BCUT2D eigenvalue weighted by molar-refractivity contribution is 6.01. The minimum Gasteiger partial charge on any atom is -0.381 e. The lowest BCUT2D eigenvalue weighted by molar-refractivity contribution is -0.118. The smallest absolute Gasteiger partial charge is 0.247 e. The van der Waals surface area contributed by atoms with E-state index in [0.717, 1.165) is 44.3 Å². The van der Waals surface area contributed by atoms with Gasteiger partial charge >= 0.3 is 0 Å². The molecule has 6 heterocycles. The Bertz CT molecular complexity index is 1170. The number of pyridine rings is 1. The molecule has 2 saturated heterocycles. The molecule has 11 heteroatoms. The Hall–Kier alpha value is -3.44. The van der Waals surface area contributed by atoms with E-state index in [1.807, 2.05) is 12.1 Å². The zero-order chi connectivity index (χ0) is 22.9. The van der Waals surface area contributed by atoms with Crippen LogP contribution in [0.15, 0.2) is 30.9 Å². The van der Waals surface area contributed by atoms with Gasteiger partial charge in [-0.05, 0) is 44.2 Å². The molecular weight excluding hydrogens is 436 g/mol. The predicted octanol–water partition coefficient (Wildman–Crippen LogP) is 2.43. The molecule has 11 nitrogen and oxygen atoms in total. The molecule has 0 spiro atoms. The second kappa shape index (κ2) is 9.07. The van der Waals surface area contributed by atoms with Gasteiger partial charge in [0.05, 0.1) is 18.4 Å². The van der Waals surface area contributed by atoms with Gasteiger partial charge < -0.3 is 14.8 Å². The van der Waals surface area contributed by atoms with Crippen molar-refractivity contribution in [3.63, 3.8) is 0 Å². The number of hydrogen-bond donors (Lipinski definition) is 1. The van der Waals surface area contributed by atoms with E-state index in [9.17, 15) is 4.79 Å². The van der Waals surface area contributed by atoms with Gasteiger partial charge in [-0.25, -0.2) is 19.6 Å². The monoisotopic (exact) mass is 462 g/mol. The number of carbonyl (C=O) groups is 1. The van der Waals surface area contributed by atoms with Crippen molar-refractivity contribution in [1.29, 1.82) is 0 Å². The molecule has 0 saturated carbocycles. The molecule has 1 N–H and O–H groups in total. The van der Waals surface area contributed by atoms with Crippen LogP contribution >= 0.6 is 0 Å². The van der Waals surface area contributed by atoms with Gasteiger partial charge in [0.1, 0.15) is 12.0 Å². The maximum Gasteiger partial charge on any atom is 0.247 e. The van der Waals surface area contributed by atoms with E-state index < -0.39 is 0 Å². The maximum absolute atomic E-state index is 12.6. The highest BCUT2D eigenvalue weighted by Crippen LogP contribution is 2.32. The third kappa shape index (κ3) is 4.01. The number of nitrogens with one attached hydrogen (secondary N) is 1. The van der Waals surface area contributed by atoms with Crippen molar-refractivity contribution >= 4 is 17.5 Å². The van der Waals surface area contributed by atoms with Crippen molar-refractivity contribution in [3.8, 4) is 22.8 Å². The Morgan fingerprint density at radius 2 is 1.88 bits per heavy atom. The minimum atomic E-state index is -0.0554. The molecule has 3 aromatic rings. The van der Waals surface area contributed by atoms with Gasteiger partial charge in [0.2, 0.25) is 5.91 Å². The molecule has 0 aromatic carbocycles. The van der Waals surface area contributed by atoms with E-state index >= 15 is 0 Å². The zero-order valence-corrected chi connectivity index (χ0v) is 18.8. The lowest BCUT2D eigenvalue weighted by Gasteiger charge is -2.36. The number of aromatic nitrogens is 6. The summed E-state index contributed by atoms with van der Waals surface area (Å²) in [5.41, 5.74) is 2.18. The van der Waals surface area contributed by atoms with Crippen molar-refractivity contribution in [3.05, 3.63) is 30.9 Å². The van der Waals surface area contributed by atoms with Crippen LogP contribution in [-0.4, -0.2) is 68.0 Å². The van der Waals surface area contributed by atoms with E-state index in [-0.39, 0.29) is 24.7 Å². The molecule has 0 radical (unpaired) electrons. The van der Waals surface area contributed by atoms with Crippen molar-refractivity contribution in [1.82, 2.24) is 29.7 Å². The second-order valence-corrected chi connectivity index (χ2v) is 8.69. The third-order valence-corrected chi connectivity index (χ3v) is 6.46. The minimum absolute atomic E-state index is 0.0121. The molecule has 3 aliphatic heterocycles.